The third kappa shape index (κ3) is 7.51. The second-order valence-electron chi connectivity index (χ2n) is 9.56. The Morgan fingerprint density at radius 2 is 1.64 bits per heavy atom. The number of aromatic nitrogens is 3. The van der Waals surface area contributed by atoms with E-state index in [1.807, 2.05) is 30.9 Å². The number of aliphatic hydroxyl groups is 1. The molecule has 14 heteroatoms. The summed E-state index contributed by atoms with van der Waals surface area (Å²) in [6.07, 6.45) is -3.38. The van der Waals surface area contributed by atoms with E-state index in [2.05, 4.69) is 30.8 Å². The van der Waals surface area contributed by atoms with Gasteiger partial charge < -0.3 is 30.3 Å². The Balaban J connectivity index is 1.91. The van der Waals surface area contributed by atoms with Crippen LogP contribution in [-0.4, -0.2) is 66.3 Å². The first-order valence-corrected chi connectivity index (χ1v) is 11.8. The average molecular weight is 549 g/mol. The van der Waals surface area contributed by atoms with Crippen LogP contribution < -0.4 is 20.3 Å². The number of nitrogens with one attached hydrogen (secondary N) is 2. The number of benzene rings is 2. The summed E-state index contributed by atoms with van der Waals surface area (Å²) in [5.74, 6) is 0.467. The highest BCUT2D eigenvalue weighted by molar-refractivity contribution is 5.78. The first-order valence-electron chi connectivity index (χ1n) is 11.8. The molecule has 0 spiro atoms. The minimum Gasteiger partial charge on any atom is -0.494 e. The van der Waals surface area contributed by atoms with Gasteiger partial charge in [0.25, 0.3) is 0 Å². The van der Waals surface area contributed by atoms with Gasteiger partial charge in [-0.25, -0.2) is 9.97 Å². The Morgan fingerprint density at radius 1 is 1.00 bits per heavy atom. The molecular formula is C25H31F3N8O3. The van der Waals surface area contributed by atoms with Crippen LogP contribution in [0.25, 0.3) is 0 Å². The molecule has 3 aromatic rings. The highest BCUT2D eigenvalue weighted by Crippen LogP contribution is 2.40. The molecule has 0 saturated carbocycles. The lowest BCUT2D eigenvalue weighted by molar-refractivity contribution is -0.137. The lowest BCUT2D eigenvalue weighted by Gasteiger charge is -2.24. The summed E-state index contributed by atoms with van der Waals surface area (Å²) in [4.78, 5) is 27.9. The quantitative estimate of drug-likeness (QED) is 0.281. The first-order chi connectivity index (χ1) is 18.2. The Kier molecular flexibility index (Phi) is 8.92. The first kappa shape index (κ1) is 29.5. The third-order valence-corrected chi connectivity index (χ3v) is 5.76. The van der Waals surface area contributed by atoms with Crippen molar-refractivity contribution in [3.05, 3.63) is 52.7 Å². The van der Waals surface area contributed by atoms with E-state index in [-0.39, 0.29) is 28.8 Å². The van der Waals surface area contributed by atoms with Crippen LogP contribution in [0.2, 0.25) is 0 Å². The molecule has 39 heavy (non-hydrogen) atoms. The van der Waals surface area contributed by atoms with Crippen LogP contribution >= 0.6 is 0 Å². The summed E-state index contributed by atoms with van der Waals surface area (Å²) in [7, 11) is 7.21. The number of hydrogen-bond acceptors (Lipinski definition) is 11. The second kappa shape index (κ2) is 11.8. The Bertz CT molecular complexity index is 1310. The third-order valence-electron chi connectivity index (χ3n) is 5.76. The van der Waals surface area contributed by atoms with E-state index in [1.54, 1.807) is 6.07 Å². The maximum absolute atomic E-state index is 13.2. The zero-order valence-corrected chi connectivity index (χ0v) is 22.5. The van der Waals surface area contributed by atoms with Gasteiger partial charge in [-0.1, -0.05) is 0 Å². The molecule has 3 rings (SSSR count). The van der Waals surface area contributed by atoms with E-state index in [9.17, 15) is 23.2 Å². The predicted octanol–water partition coefficient (Wildman–Crippen LogP) is 5.01. The molecule has 1 aromatic heterocycles. The van der Waals surface area contributed by atoms with E-state index >= 15 is 0 Å². The number of ether oxygens (including phenoxy) is 1. The summed E-state index contributed by atoms with van der Waals surface area (Å²) in [6, 6.07) is 6.15. The molecule has 2 aromatic carbocycles. The van der Waals surface area contributed by atoms with Gasteiger partial charge in [-0.05, 0) is 57.4 Å². The van der Waals surface area contributed by atoms with Crippen LogP contribution in [0.4, 0.5) is 47.8 Å². The van der Waals surface area contributed by atoms with Gasteiger partial charge in [0.15, 0.2) is 0 Å². The Morgan fingerprint density at radius 3 is 2.18 bits per heavy atom. The molecule has 0 saturated heterocycles. The molecule has 1 heterocycles. The molecule has 3 N–H and O–H groups in total. The van der Waals surface area contributed by atoms with Crippen LogP contribution in [0.15, 0.2) is 41.8 Å². The molecule has 0 bridgehead atoms. The molecule has 0 fully saturated rings. The number of hydrogen-bond donors (Lipinski definition) is 3. The average Bonchev–Trinajstić information content (AvgIpc) is 2.86. The number of anilines is 5. The fourth-order valence-electron chi connectivity index (χ4n) is 3.67. The van der Waals surface area contributed by atoms with Crippen molar-refractivity contribution in [2.45, 2.75) is 25.6 Å². The summed E-state index contributed by atoms with van der Waals surface area (Å²) in [5, 5.41) is 19.5. The zero-order valence-electron chi connectivity index (χ0n) is 22.5. The monoisotopic (exact) mass is 548 g/mol. The van der Waals surface area contributed by atoms with Gasteiger partial charge in [0.2, 0.25) is 11.9 Å². The molecular weight excluding hydrogens is 517 g/mol. The molecule has 0 aliphatic heterocycles. The van der Waals surface area contributed by atoms with Crippen LogP contribution in [-0.2, 0) is 11.8 Å². The van der Waals surface area contributed by atoms with Gasteiger partial charge in [0.1, 0.15) is 17.8 Å². The van der Waals surface area contributed by atoms with Crippen LogP contribution in [0.5, 0.6) is 5.75 Å². The molecule has 0 aliphatic rings. The largest absolute Gasteiger partial charge is 0.494 e. The smallest absolute Gasteiger partial charge is 0.416 e. The maximum Gasteiger partial charge on any atom is 0.416 e. The zero-order chi connectivity index (χ0) is 29.0. The van der Waals surface area contributed by atoms with E-state index in [0.29, 0.717) is 23.7 Å². The SMILES string of the molecule is COc1cc(N(C)CCN(C)C)c(N=O)cc1Nc1ncnc(Nc2ccc(C(F)(F)F)cc2C(C)(C)O)n1. The number of alkyl halides is 3. The summed E-state index contributed by atoms with van der Waals surface area (Å²) in [5.41, 5.74) is -1.19. The van der Waals surface area contributed by atoms with Gasteiger partial charge in [-0.2, -0.15) is 18.2 Å². The number of nitroso groups, excluding NO2 is 1. The highest BCUT2D eigenvalue weighted by atomic mass is 19.4. The maximum atomic E-state index is 13.2. The van der Waals surface area contributed by atoms with Crippen molar-refractivity contribution >= 4 is 34.6 Å². The van der Waals surface area contributed by atoms with Crippen molar-refractivity contribution in [1.82, 2.24) is 19.9 Å². The van der Waals surface area contributed by atoms with Crippen molar-refractivity contribution in [3.63, 3.8) is 0 Å². The lowest BCUT2D eigenvalue weighted by atomic mass is 9.94. The topological polar surface area (TPSA) is 128 Å². The number of nitrogens with zero attached hydrogens (tertiary/aromatic N) is 6. The van der Waals surface area contributed by atoms with Crippen molar-refractivity contribution in [2.75, 3.05) is 56.9 Å². The number of halogens is 3. The molecule has 0 radical (unpaired) electrons. The molecule has 0 aliphatic carbocycles. The second-order valence-corrected chi connectivity index (χ2v) is 9.56. The van der Waals surface area contributed by atoms with E-state index in [0.717, 1.165) is 18.7 Å². The molecule has 0 amide bonds. The lowest BCUT2D eigenvalue weighted by Crippen LogP contribution is -2.28. The minimum absolute atomic E-state index is 0.00425. The highest BCUT2D eigenvalue weighted by Gasteiger charge is 2.33. The standard InChI is InChI=1S/C25H31F3N8O3/c1-24(2,37)16-11-15(25(26,27)28)7-8-17(16)31-22-29-14-30-23(33-22)32-19-12-18(34-38)20(13-21(19)39-6)36(5)10-9-35(3)4/h7-8,11-14,37H,9-10H2,1-6H3,(H2,29,30,31,32,33). The van der Waals surface area contributed by atoms with Crippen molar-refractivity contribution in [3.8, 4) is 5.75 Å². The van der Waals surface area contributed by atoms with Crippen LogP contribution in [0, 0.1) is 4.91 Å². The Labute approximate surface area is 224 Å². The molecule has 0 unspecified atom stereocenters. The van der Waals surface area contributed by atoms with Crippen molar-refractivity contribution in [1.29, 1.82) is 0 Å². The van der Waals surface area contributed by atoms with Crippen LogP contribution in [0.1, 0.15) is 25.0 Å². The predicted molar refractivity (Wildman–Crippen MR) is 143 cm³/mol. The van der Waals surface area contributed by atoms with Crippen molar-refractivity contribution < 1.29 is 23.0 Å². The number of likely N-dealkylation sites (N-methyl/N-ethyl adjacent to an activating group) is 2. The molecule has 0 atom stereocenters. The fourth-order valence-corrected chi connectivity index (χ4v) is 3.67. The number of rotatable bonds is 11. The van der Waals surface area contributed by atoms with Crippen molar-refractivity contribution in [2.24, 2.45) is 5.18 Å². The normalized spacial score (nSPS) is 11.9. The fraction of sp³-hybridized carbons (Fsp3) is 0.400. The molecule has 11 nitrogen and oxygen atoms in total. The summed E-state index contributed by atoms with van der Waals surface area (Å²) < 4.78 is 45.2. The Hall–Kier alpha value is -4.04. The number of methoxy groups -OCH3 is 1. The molecule has 210 valence electrons. The van der Waals surface area contributed by atoms with Gasteiger partial charge in [-0.15, -0.1) is 4.91 Å². The van der Waals surface area contributed by atoms with Gasteiger partial charge in [-0.3, -0.25) is 0 Å². The van der Waals surface area contributed by atoms with Crippen LogP contribution in [0.3, 0.4) is 0 Å². The van der Waals surface area contributed by atoms with Gasteiger partial charge in [0.05, 0.1) is 29.6 Å². The minimum atomic E-state index is -4.58. The summed E-state index contributed by atoms with van der Waals surface area (Å²) >= 11 is 0. The van der Waals surface area contributed by atoms with Gasteiger partial charge >= 0.3 is 6.18 Å². The van der Waals surface area contributed by atoms with E-state index in [4.69, 9.17) is 4.74 Å². The van der Waals surface area contributed by atoms with Gasteiger partial charge in [0, 0.05) is 37.5 Å². The van der Waals surface area contributed by atoms with E-state index < -0.39 is 17.3 Å². The summed E-state index contributed by atoms with van der Waals surface area (Å²) in [6.45, 7) is 4.15. The van der Waals surface area contributed by atoms with E-state index in [1.165, 1.54) is 39.4 Å².